The van der Waals surface area contributed by atoms with Crippen LogP contribution >= 0.6 is 0 Å². The Hall–Kier alpha value is -17.8. The average molecular weight is 1870 g/mol. The van der Waals surface area contributed by atoms with E-state index in [9.17, 15) is 0 Å². The summed E-state index contributed by atoms with van der Waals surface area (Å²) in [6, 6.07) is 159. The second kappa shape index (κ2) is 36.3. The second-order valence-corrected chi connectivity index (χ2v) is 42.1. The molecule has 0 radical (unpaired) electrons. The van der Waals surface area contributed by atoms with Crippen molar-refractivity contribution in [2.24, 2.45) is 0 Å². The van der Waals surface area contributed by atoms with E-state index in [0.717, 1.165) is 83.8 Å². The van der Waals surface area contributed by atoms with Crippen LogP contribution in [0.3, 0.4) is 0 Å². The molecule has 0 spiro atoms. The molecule has 6 nitrogen and oxygen atoms in total. The number of pyridine rings is 6. The van der Waals surface area contributed by atoms with Crippen LogP contribution in [0.4, 0.5) is 0 Å². The van der Waals surface area contributed by atoms with Crippen LogP contribution in [0.1, 0.15) is 79.0 Å². The first-order valence-corrected chi connectivity index (χ1v) is 50.6. The minimum absolute atomic E-state index is 0.0661. The summed E-state index contributed by atoms with van der Waals surface area (Å²) < 4.78 is 0. The lowest BCUT2D eigenvalue weighted by Gasteiger charge is -2.23. The predicted octanol–water partition coefficient (Wildman–Crippen LogP) is 38.0. The Labute approximate surface area is 850 Å². The number of nitrogens with zero attached hydrogens (tertiary/aromatic N) is 6. The Balaban J connectivity index is 0.000000114. The molecule has 6 aromatic heterocycles. The van der Waals surface area contributed by atoms with Crippen LogP contribution in [0.5, 0.6) is 0 Å². The molecular formula is C140H104N6. The van der Waals surface area contributed by atoms with Gasteiger partial charge in [0.2, 0.25) is 0 Å². The normalized spacial score (nSPS) is 12.0. The molecule has 0 fully saturated rings. The molecule has 0 aliphatic heterocycles. The maximum Gasteiger partial charge on any atom is 0.0709 e. The molecular weight excluding hydrogens is 1770 g/mol. The lowest BCUT2D eigenvalue weighted by atomic mass is 9.81. The third-order valence-corrected chi connectivity index (χ3v) is 29.8. The van der Waals surface area contributed by atoms with Crippen LogP contribution in [0, 0.1) is 0 Å². The number of para-hydroxylation sites is 1. The monoisotopic (exact) mass is 1870 g/mol. The number of hydrogen-bond acceptors (Lipinski definition) is 6. The standard InChI is InChI=1S/C48H36N2.2C46H34N2/c1-48(2,3)39-28-37-22-24-40-42(33-14-10-31(11-15-33)32-12-18-35(19-13-32)44-8-4-6-26-49-44)30-43(41-25-23-38(29-39)46(37)47(40)41)34-16-20-36(21-17-34)45-9-5-7-27-50-45;1-46(2,3)36-26-34-19-22-37-39(29-11-15-32(16-12-29)41-9-6-7-25-47-41)28-40(38-23-20-35(27-36)44(34)45(37)38)30-13-17-33(18-14-30)43-24-21-31-8-4-5-10-42(31)48-43;1-46(2,3)37-24-34-19-21-38-40(29-11-15-31(16-12-29)42-10-6-7-23-47-42)27-41(39-22-20-35(25-37)44(34)45(38)39)30-13-17-32(18-14-30)43-26-33-8-4-5-9-36(33)28-48-43/h4-30H,1-3H3;2*4-28H,1-3H3. The van der Waals surface area contributed by atoms with Gasteiger partial charge < -0.3 is 0 Å². The molecule has 0 bridgehead atoms. The first-order chi connectivity index (χ1) is 71.2. The van der Waals surface area contributed by atoms with Gasteiger partial charge in [0, 0.05) is 75.1 Å². The molecule has 0 saturated heterocycles. The van der Waals surface area contributed by atoms with Gasteiger partial charge in [-0.15, -0.1) is 0 Å². The Morgan fingerprint density at radius 1 is 0.151 bits per heavy atom. The van der Waals surface area contributed by atoms with E-state index in [2.05, 4.69) is 458 Å². The minimum Gasteiger partial charge on any atom is -0.256 e. The summed E-state index contributed by atoms with van der Waals surface area (Å²) >= 11 is 0. The fraction of sp³-hybridized carbons (Fsp3) is 0.0857. The molecule has 27 rings (SSSR count). The van der Waals surface area contributed by atoms with Crippen molar-refractivity contribution in [3.8, 4) is 145 Å². The van der Waals surface area contributed by atoms with Crippen LogP contribution in [-0.2, 0) is 16.2 Å². The molecule has 0 unspecified atom stereocenters. The summed E-state index contributed by atoms with van der Waals surface area (Å²) in [7, 11) is 0. The Morgan fingerprint density at radius 3 is 0.658 bits per heavy atom. The maximum atomic E-state index is 4.96. The maximum absolute atomic E-state index is 4.96. The van der Waals surface area contributed by atoms with Crippen molar-refractivity contribution in [2.45, 2.75) is 78.6 Å². The number of benzene rings is 21. The van der Waals surface area contributed by atoms with Gasteiger partial charge in [0.25, 0.3) is 0 Å². The summed E-state index contributed by atoms with van der Waals surface area (Å²) in [6.45, 7) is 20.6. The van der Waals surface area contributed by atoms with Crippen molar-refractivity contribution in [2.75, 3.05) is 0 Å². The summed E-state index contributed by atoms with van der Waals surface area (Å²) in [5.41, 5.74) is 34.9. The largest absolute Gasteiger partial charge is 0.256 e. The molecule has 146 heavy (non-hydrogen) atoms. The van der Waals surface area contributed by atoms with Crippen LogP contribution in [0.2, 0.25) is 0 Å². The summed E-state index contributed by atoms with van der Waals surface area (Å²) in [5, 5.41) is 26.9. The van der Waals surface area contributed by atoms with E-state index in [-0.39, 0.29) is 16.2 Å². The molecule has 0 saturated carbocycles. The van der Waals surface area contributed by atoms with E-state index in [1.807, 2.05) is 91.6 Å². The van der Waals surface area contributed by atoms with E-state index in [4.69, 9.17) is 9.97 Å². The van der Waals surface area contributed by atoms with Crippen LogP contribution in [0.15, 0.2) is 468 Å². The molecule has 694 valence electrons. The van der Waals surface area contributed by atoms with Gasteiger partial charge in [0.05, 0.1) is 39.7 Å². The van der Waals surface area contributed by atoms with Crippen molar-refractivity contribution in [1.82, 2.24) is 29.9 Å². The van der Waals surface area contributed by atoms with Gasteiger partial charge in [-0.2, -0.15) is 0 Å². The van der Waals surface area contributed by atoms with E-state index in [0.29, 0.717) is 0 Å². The highest BCUT2D eigenvalue weighted by Crippen LogP contribution is 2.52. The van der Waals surface area contributed by atoms with Crippen LogP contribution < -0.4 is 0 Å². The van der Waals surface area contributed by atoms with E-state index in [1.165, 1.54) is 197 Å². The van der Waals surface area contributed by atoms with Gasteiger partial charge in [-0.05, 0) is 298 Å². The first-order valence-electron chi connectivity index (χ1n) is 50.6. The highest BCUT2D eigenvalue weighted by molar-refractivity contribution is 6.32. The molecule has 0 N–H and O–H groups in total. The van der Waals surface area contributed by atoms with Crippen molar-refractivity contribution in [1.29, 1.82) is 0 Å². The van der Waals surface area contributed by atoms with E-state index in [1.54, 1.807) is 0 Å². The van der Waals surface area contributed by atoms with Gasteiger partial charge in [-0.3, -0.25) is 24.9 Å². The van der Waals surface area contributed by atoms with Gasteiger partial charge in [-0.1, -0.05) is 414 Å². The molecule has 0 atom stereocenters. The van der Waals surface area contributed by atoms with E-state index >= 15 is 0 Å². The zero-order valence-electron chi connectivity index (χ0n) is 83.1. The summed E-state index contributed by atoms with van der Waals surface area (Å²) in [4.78, 5) is 28.0. The summed E-state index contributed by atoms with van der Waals surface area (Å²) in [5.74, 6) is 0. The van der Waals surface area contributed by atoms with Gasteiger partial charge in [0.15, 0.2) is 0 Å². The smallest absolute Gasteiger partial charge is 0.0709 e. The SMILES string of the molecule is CC(C)(C)c1cc2ccc3c(-c4ccc(-c5ccc(-c6ccccn6)cc5)cc4)cc(-c4ccc(-c5ccccn5)cc4)c4ccc(c1)c2c34.CC(C)(C)c1cc2ccc3c(-c4ccc(-c5ccccn5)cc4)cc(-c4ccc(-c5cc6ccccc6cn5)cc4)c4ccc(c1)c2c34.CC(C)(C)c1cc2ccc3c(-c4ccc(-c5ccccn5)cc4)cc(-c4ccc(-c5ccc6ccccc6n5)cc4)c4ccc(c1)c2c34. The van der Waals surface area contributed by atoms with E-state index < -0.39 is 0 Å². The zero-order valence-corrected chi connectivity index (χ0v) is 83.1. The first kappa shape index (κ1) is 89.5. The highest BCUT2D eigenvalue weighted by Gasteiger charge is 2.27. The Morgan fingerprint density at radius 2 is 0.384 bits per heavy atom. The average Bonchev–Trinajstić information content (AvgIpc) is 0.722. The van der Waals surface area contributed by atoms with Crippen molar-refractivity contribution >= 4 is 119 Å². The van der Waals surface area contributed by atoms with Crippen LogP contribution in [0.25, 0.3) is 264 Å². The zero-order chi connectivity index (χ0) is 98.6. The quantitative estimate of drug-likeness (QED) is 0.107. The second-order valence-electron chi connectivity index (χ2n) is 42.1. The van der Waals surface area contributed by atoms with Crippen molar-refractivity contribution in [3.05, 3.63) is 484 Å². The van der Waals surface area contributed by atoms with Gasteiger partial charge in [0.1, 0.15) is 0 Å². The van der Waals surface area contributed by atoms with Crippen molar-refractivity contribution in [3.63, 3.8) is 0 Å². The third kappa shape index (κ3) is 16.7. The summed E-state index contributed by atoms with van der Waals surface area (Å²) in [6.07, 6.45) is 9.36. The molecule has 0 aliphatic rings. The fourth-order valence-electron chi connectivity index (χ4n) is 21.9. The minimum atomic E-state index is 0.0661. The fourth-order valence-corrected chi connectivity index (χ4v) is 21.9. The third-order valence-electron chi connectivity index (χ3n) is 29.8. The lowest BCUT2D eigenvalue weighted by molar-refractivity contribution is 0.591. The highest BCUT2D eigenvalue weighted by atomic mass is 14.7. The molecule has 6 heterocycles. The molecule has 0 aliphatic carbocycles. The Bertz CT molecular complexity index is 9180. The van der Waals surface area contributed by atoms with Crippen LogP contribution in [-0.4, -0.2) is 29.9 Å². The molecule has 21 aromatic carbocycles. The molecule has 6 heteroatoms. The molecule has 0 amide bonds. The number of hydrogen-bond donors (Lipinski definition) is 0. The van der Waals surface area contributed by atoms with Gasteiger partial charge >= 0.3 is 0 Å². The van der Waals surface area contributed by atoms with Gasteiger partial charge in [-0.25, -0.2) is 4.98 Å². The number of fused-ring (bicyclic) bond motifs is 2. The molecule has 27 aromatic rings. The van der Waals surface area contributed by atoms with Crippen molar-refractivity contribution < 1.29 is 0 Å². The Kier molecular flexibility index (Phi) is 22.2. The lowest BCUT2D eigenvalue weighted by Crippen LogP contribution is -2.10. The topological polar surface area (TPSA) is 77.3 Å². The number of aromatic nitrogens is 6. The number of rotatable bonds is 13. The predicted molar refractivity (Wildman–Crippen MR) is 619 cm³/mol.